The average Bonchev–Trinajstić information content (AvgIpc) is 3.07. The van der Waals surface area contributed by atoms with E-state index < -0.39 is 9.84 Å². The van der Waals surface area contributed by atoms with Crippen LogP contribution in [0.2, 0.25) is 0 Å². The van der Waals surface area contributed by atoms with Crippen LogP contribution in [0.25, 0.3) is 10.4 Å². The van der Waals surface area contributed by atoms with Gasteiger partial charge in [-0.15, -0.1) is 0 Å². The molecular formula is C20H20N2O4S2. The summed E-state index contributed by atoms with van der Waals surface area (Å²) in [6.07, 6.45) is 0. The number of thiazole rings is 1. The van der Waals surface area contributed by atoms with Crippen LogP contribution >= 0.6 is 11.3 Å². The molecule has 0 bridgehead atoms. The first-order valence-corrected chi connectivity index (χ1v) is 11.0. The van der Waals surface area contributed by atoms with Gasteiger partial charge in [-0.2, -0.15) is 0 Å². The van der Waals surface area contributed by atoms with Crippen LogP contribution in [-0.2, 0) is 14.6 Å². The van der Waals surface area contributed by atoms with E-state index in [2.05, 4.69) is 10.3 Å². The summed E-state index contributed by atoms with van der Waals surface area (Å²) in [6.45, 7) is 2.02. The molecule has 3 rings (SSSR count). The Labute approximate surface area is 168 Å². The molecule has 1 N–H and O–H groups in total. The lowest BCUT2D eigenvalue weighted by Gasteiger charge is -2.05. The SMILES string of the molecule is COCCS(=O)(=O)c1ccc(C(=O)Nc2nc(C)c(-c3ccccc3)s2)cc1. The van der Waals surface area contributed by atoms with Crippen molar-refractivity contribution in [2.24, 2.45) is 0 Å². The Morgan fingerprint density at radius 3 is 2.43 bits per heavy atom. The van der Waals surface area contributed by atoms with Gasteiger partial charge in [0.05, 0.1) is 27.8 Å². The Hall–Kier alpha value is -2.55. The van der Waals surface area contributed by atoms with Crippen molar-refractivity contribution in [2.45, 2.75) is 11.8 Å². The van der Waals surface area contributed by atoms with Crippen LogP contribution in [0.5, 0.6) is 0 Å². The molecule has 0 unspecified atom stereocenters. The Bertz CT molecular complexity index is 1060. The molecule has 0 saturated heterocycles. The van der Waals surface area contributed by atoms with Gasteiger partial charge < -0.3 is 4.74 Å². The third-order valence-electron chi connectivity index (χ3n) is 4.08. The van der Waals surface area contributed by atoms with Gasteiger partial charge in [-0.1, -0.05) is 41.7 Å². The van der Waals surface area contributed by atoms with Crippen molar-refractivity contribution in [2.75, 3.05) is 24.8 Å². The minimum absolute atomic E-state index is 0.101. The normalized spacial score (nSPS) is 11.4. The molecule has 0 atom stereocenters. The number of carbonyl (C=O) groups excluding carboxylic acids is 1. The number of ether oxygens (including phenoxy) is 1. The lowest BCUT2D eigenvalue weighted by molar-refractivity contribution is 0.102. The number of rotatable bonds is 7. The fourth-order valence-corrected chi connectivity index (χ4v) is 4.74. The van der Waals surface area contributed by atoms with Crippen LogP contribution in [-0.4, -0.2) is 38.8 Å². The molecule has 2 aromatic carbocycles. The van der Waals surface area contributed by atoms with Gasteiger partial charge in [0.2, 0.25) is 0 Å². The molecular weight excluding hydrogens is 396 g/mol. The van der Waals surface area contributed by atoms with Crippen molar-refractivity contribution in [3.63, 3.8) is 0 Å². The second-order valence-electron chi connectivity index (χ2n) is 6.09. The Balaban J connectivity index is 1.74. The summed E-state index contributed by atoms with van der Waals surface area (Å²) in [5, 5.41) is 3.28. The molecule has 0 aliphatic heterocycles. The zero-order chi connectivity index (χ0) is 20.1. The van der Waals surface area contributed by atoms with Crippen molar-refractivity contribution in [3.05, 3.63) is 65.9 Å². The molecule has 146 valence electrons. The van der Waals surface area contributed by atoms with E-state index >= 15 is 0 Å². The third-order valence-corrected chi connectivity index (χ3v) is 6.90. The van der Waals surface area contributed by atoms with Crippen LogP contribution in [0.4, 0.5) is 5.13 Å². The predicted octanol–water partition coefficient (Wildman–Crippen LogP) is 3.79. The van der Waals surface area contributed by atoms with E-state index in [9.17, 15) is 13.2 Å². The fourth-order valence-electron chi connectivity index (χ4n) is 2.60. The van der Waals surface area contributed by atoms with E-state index in [1.54, 1.807) is 0 Å². The summed E-state index contributed by atoms with van der Waals surface area (Å²) < 4.78 is 29.1. The summed E-state index contributed by atoms with van der Waals surface area (Å²) in [7, 11) is -1.97. The van der Waals surface area contributed by atoms with Gasteiger partial charge in [-0.3, -0.25) is 10.1 Å². The van der Waals surface area contributed by atoms with E-state index in [-0.39, 0.29) is 23.2 Å². The molecule has 0 aliphatic rings. The molecule has 0 saturated carbocycles. The topological polar surface area (TPSA) is 85.4 Å². The fraction of sp³-hybridized carbons (Fsp3) is 0.200. The number of aryl methyl sites for hydroxylation is 1. The highest BCUT2D eigenvalue weighted by atomic mass is 32.2. The van der Waals surface area contributed by atoms with E-state index in [0.717, 1.165) is 16.1 Å². The molecule has 3 aromatic rings. The van der Waals surface area contributed by atoms with Gasteiger partial charge in [-0.05, 0) is 36.8 Å². The molecule has 1 heterocycles. The maximum Gasteiger partial charge on any atom is 0.257 e. The molecule has 0 radical (unpaired) electrons. The number of methoxy groups -OCH3 is 1. The number of sulfone groups is 1. The summed E-state index contributed by atoms with van der Waals surface area (Å²) in [5.74, 6) is -0.440. The lowest BCUT2D eigenvalue weighted by Crippen LogP contribution is -2.14. The zero-order valence-corrected chi connectivity index (χ0v) is 17.1. The monoisotopic (exact) mass is 416 g/mol. The number of aromatic nitrogens is 1. The van der Waals surface area contributed by atoms with Crippen molar-refractivity contribution >= 4 is 32.2 Å². The number of benzene rings is 2. The number of nitrogens with zero attached hydrogens (tertiary/aromatic N) is 1. The van der Waals surface area contributed by atoms with E-state index in [0.29, 0.717) is 10.7 Å². The number of nitrogens with one attached hydrogen (secondary N) is 1. The van der Waals surface area contributed by atoms with Gasteiger partial charge in [0.1, 0.15) is 0 Å². The minimum atomic E-state index is -3.42. The van der Waals surface area contributed by atoms with Crippen molar-refractivity contribution in [1.82, 2.24) is 4.98 Å². The minimum Gasteiger partial charge on any atom is -0.384 e. The van der Waals surface area contributed by atoms with Crippen molar-refractivity contribution in [1.29, 1.82) is 0 Å². The number of hydrogen-bond donors (Lipinski definition) is 1. The van der Waals surface area contributed by atoms with Gasteiger partial charge in [0.15, 0.2) is 15.0 Å². The molecule has 1 amide bonds. The second kappa shape index (κ2) is 8.64. The summed E-state index contributed by atoms with van der Waals surface area (Å²) in [6, 6.07) is 15.7. The predicted molar refractivity (Wildman–Crippen MR) is 111 cm³/mol. The van der Waals surface area contributed by atoms with Gasteiger partial charge in [0.25, 0.3) is 5.91 Å². The van der Waals surface area contributed by atoms with Gasteiger partial charge >= 0.3 is 0 Å². The van der Waals surface area contributed by atoms with Crippen molar-refractivity contribution < 1.29 is 17.9 Å². The first-order valence-electron chi connectivity index (χ1n) is 8.56. The Kier molecular flexibility index (Phi) is 6.23. The number of hydrogen-bond acceptors (Lipinski definition) is 6. The summed E-state index contributed by atoms with van der Waals surface area (Å²) in [4.78, 5) is 18.1. The standard InChI is InChI=1S/C20H20N2O4S2/c1-14-18(15-6-4-3-5-7-15)27-20(21-14)22-19(23)16-8-10-17(11-9-16)28(24,25)13-12-26-2/h3-11H,12-13H2,1-2H3,(H,21,22,23). The third kappa shape index (κ3) is 4.64. The van der Waals surface area contributed by atoms with Crippen molar-refractivity contribution in [3.8, 4) is 10.4 Å². The summed E-state index contributed by atoms with van der Waals surface area (Å²) >= 11 is 1.40. The average molecular weight is 417 g/mol. The van der Waals surface area contributed by atoms with E-state index in [1.807, 2.05) is 37.3 Å². The molecule has 0 aliphatic carbocycles. The first kappa shape index (κ1) is 20.2. The maximum absolute atomic E-state index is 12.5. The highest BCUT2D eigenvalue weighted by Gasteiger charge is 2.16. The first-order chi connectivity index (χ1) is 13.4. The highest BCUT2D eigenvalue weighted by molar-refractivity contribution is 7.91. The maximum atomic E-state index is 12.5. The van der Waals surface area contributed by atoms with E-state index in [4.69, 9.17) is 4.74 Å². The highest BCUT2D eigenvalue weighted by Crippen LogP contribution is 2.32. The molecule has 28 heavy (non-hydrogen) atoms. The quantitative estimate of drug-likeness (QED) is 0.633. The number of anilines is 1. The number of amides is 1. The zero-order valence-electron chi connectivity index (χ0n) is 15.5. The molecule has 0 spiro atoms. The molecule has 8 heteroatoms. The Morgan fingerprint density at radius 1 is 1.11 bits per heavy atom. The Morgan fingerprint density at radius 2 is 1.79 bits per heavy atom. The molecule has 0 fully saturated rings. The van der Waals surface area contributed by atoms with E-state index in [1.165, 1.54) is 42.7 Å². The van der Waals surface area contributed by atoms with Crippen LogP contribution in [0, 0.1) is 6.92 Å². The molecule has 6 nitrogen and oxygen atoms in total. The van der Waals surface area contributed by atoms with Gasteiger partial charge in [-0.25, -0.2) is 13.4 Å². The van der Waals surface area contributed by atoms with Gasteiger partial charge in [0, 0.05) is 12.7 Å². The largest absolute Gasteiger partial charge is 0.384 e. The second-order valence-corrected chi connectivity index (χ2v) is 9.20. The lowest BCUT2D eigenvalue weighted by atomic mass is 10.2. The van der Waals surface area contributed by atoms with Crippen LogP contribution in [0.3, 0.4) is 0 Å². The van der Waals surface area contributed by atoms with Crippen LogP contribution in [0.15, 0.2) is 59.5 Å². The van der Waals surface area contributed by atoms with Crippen LogP contribution in [0.1, 0.15) is 16.1 Å². The number of carbonyl (C=O) groups is 1. The summed E-state index contributed by atoms with van der Waals surface area (Å²) in [5.41, 5.74) is 2.24. The molecule has 1 aromatic heterocycles. The van der Waals surface area contributed by atoms with Crippen LogP contribution < -0.4 is 5.32 Å². The smallest absolute Gasteiger partial charge is 0.257 e.